The molecular weight excluding hydrogens is 294 g/mol. The van der Waals surface area contributed by atoms with E-state index in [-0.39, 0.29) is 12.2 Å². The summed E-state index contributed by atoms with van der Waals surface area (Å²) in [5.74, 6) is -1.15. The third-order valence-electron chi connectivity index (χ3n) is 3.29. The summed E-state index contributed by atoms with van der Waals surface area (Å²) in [6.07, 6.45) is 1.62. The quantitative estimate of drug-likeness (QED) is 0.867. The normalized spacial score (nSPS) is 19.7. The van der Waals surface area contributed by atoms with Gasteiger partial charge in [-0.1, -0.05) is 6.07 Å². The molecule has 2 rings (SSSR count). The van der Waals surface area contributed by atoms with Crippen molar-refractivity contribution in [3.05, 3.63) is 29.8 Å². The van der Waals surface area contributed by atoms with Crippen LogP contribution in [-0.2, 0) is 15.0 Å². The predicted octanol–water partition coefficient (Wildman–Crippen LogP) is 1.15. The summed E-state index contributed by atoms with van der Waals surface area (Å²) in [5.41, 5.74) is 0.562. The number of carboxylic acid groups (broad SMARTS) is 1. The second-order valence-electron chi connectivity index (χ2n) is 4.76. The van der Waals surface area contributed by atoms with Gasteiger partial charge in [0.1, 0.15) is 6.04 Å². The molecule has 0 amide bonds. The van der Waals surface area contributed by atoms with Gasteiger partial charge in [0.15, 0.2) is 0 Å². The number of carboxylic acids is 1. The topological polar surface area (TPSA) is 111 Å². The third kappa shape index (κ3) is 3.51. The molecule has 0 aliphatic carbocycles. The fourth-order valence-corrected chi connectivity index (χ4v) is 3.74. The number of aliphatic carboxylic acids is 1. The van der Waals surface area contributed by atoms with Gasteiger partial charge < -0.3 is 5.11 Å². The Bertz CT molecular complexity index is 681. The van der Waals surface area contributed by atoms with Gasteiger partial charge in [-0.15, -0.1) is 0 Å². The zero-order valence-electron chi connectivity index (χ0n) is 11.2. The van der Waals surface area contributed by atoms with E-state index in [0.29, 0.717) is 24.8 Å². The molecule has 0 saturated carbocycles. The monoisotopic (exact) mass is 309 g/mol. The summed E-state index contributed by atoms with van der Waals surface area (Å²) in [7, 11) is -3.96. The Labute approximate surface area is 123 Å². The first kappa shape index (κ1) is 15.3. The number of hydrogen-bond donors (Lipinski definition) is 2. The van der Waals surface area contributed by atoms with Gasteiger partial charge in [-0.05, 0) is 37.5 Å². The zero-order chi connectivity index (χ0) is 15.5. The van der Waals surface area contributed by atoms with Crippen LogP contribution in [0.4, 0.5) is 5.69 Å². The molecule has 7 nitrogen and oxygen atoms in total. The van der Waals surface area contributed by atoms with Crippen LogP contribution >= 0.6 is 0 Å². The van der Waals surface area contributed by atoms with E-state index in [1.165, 1.54) is 12.1 Å². The van der Waals surface area contributed by atoms with Crippen LogP contribution in [0.15, 0.2) is 24.3 Å². The fourth-order valence-electron chi connectivity index (χ4n) is 2.30. The number of nitriles is 1. The molecule has 0 radical (unpaired) electrons. The van der Waals surface area contributed by atoms with Crippen LogP contribution in [0.2, 0.25) is 0 Å². The van der Waals surface area contributed by atoms with E-state index >= 15 is 0 Å². The standard InChI is InChI=1S/C13H15N3O4S/c14-9-10-4-3-5-11(8-10)15-21(19,20)16-7-2-1-6-12(16)13(17)18/h3-5,8,12,15H,1-2,6-7H2,(H,17,18). The molecule has 2 N–H and O–H groups in total. The molecule has 0 spiro atoms. The first-order valence-corrected chi connectivity index (χ1v) is 7.90. The lowest BCUT2D eigenvalue weighted by molar-refractivity contribution is -0.142. The van der Waals surface area contributed by atoms with Crippen LogP contribution in [0.3, 0.4) is 0 Å². The van der Waals surface area contributed by atoms with E-state index in [9.17, 15) is 13.2 Å². The highest BCUT2D eigenvalue weighted by atomic mass is 32.2. The largest absolute Gasteiger partial charge is 0.480 e. The van der Waals surface area contributed by atoms with Crippen molar-refractivity contribution < 1.29 is 18.3 Å². The van der Waals surface area contributed by atoms with E-state index < -0.39 is 22.2 Å². The minimum absolute atomic E-state index is 0.171. The Morgan fingerprint density at radius 2 is 2.19 bits per heavy atom. The number of rotatable bonds is 4. The molecule has 1 aromatic rings. The smallest absolute Gasteiger partial charge is 0.322 e. The molecule has 1 fully saturated rings. The highest BCUT2D eigenvalue weighted by molar-refractivity contribution is 7.90. The number of benzene rings is 1. The number of nitrogens with one attached hydrogen (secondary N) is 1. The van der Waals surface area contributed by atoms with Gasteiger partial charge in [0, 0.05) is 6.54 Å². The molecule has 0 bridgehead atoms. The molecular formula is C13H15N3O4S. The molecule has 1 aliphatic heterocycles. The van der Waals surface area contributed by atoms with Crippen LogP contribution in [0.1, 0.15) is 24.8 Å². The average molecular weight is 309 g/mol. The molecule has 1 atom stereocenters. The number of piperidine rings is 1. The van der Waals surface area contributed by atoms with Crippen molar-refractivity contribution in [2.75, 3.05) is 11.3 Å². The van der Waals surface area contributed by atoms with Crippen molar-refractivity contribution in [2.45, 2.75) is 25.3 Å². The first-order chi connectivity index (χ1) is 9.94. The van der Waals surface area contributed by atoms with Gasteiger partial charge in [0.05, 0.1) is 17.3 Å². The van der Waals surface area contributed by atoms with Crippen LogP contribution in [-0.4, -0.2) is 36.4 Å². The summed E-state index contributed by atoms with van der Waals surface area (Å²) in [6.45, 7) is 0.171. The molecule has 1 saturated heterocycles. The van der Waals surface area contributed by atoms with Crippen LogP contribution < -0.4 is 4.72 Å². The maximum absolute atomic E-state index is 12.3. The Kier molecular flexibility index (Phi) is 4.45. The Morgan fingerprint density at radius 1 is 1.43 bits per heavy atom. The van der Waals surface area contributed by atoms with Crippen molar-refractivity contribution in [1.82, 2.24) is 4.31 Å². The third-order valence-corrected chi connectivity index (χ3v) is 4.83. The number of hydrogen-bond acceptors (Lipinski definition) is 4. The Balaban J connectivity index is 2.24. The molecule has 21 heavy (non-hydrogen) atoms. The van der Waals surface area contributed by atoms with Crippen LogP contribution in [0.25, 0.3) is 0 Å². The van der Waals surface area contributed by atoms with Gasteiger partial charge in [-0.25, -0.2) is 0 Å². The van der Waals surface area contributed by atoms with Crippen molar-refractivity contribution in [1.29, 1.82) is 5.26 Å². The highest BCUT2D eigenvalue weighted by Gasteiger charge is 2.36. The van der Waals surface area contributed by atoms with Crippen LogP contribution in [0.5, 0.6) is 0 Å². The zero-order valence-corrected chi connectivity index (χ0v) is 12.0. The van der Waals surface area contributed by atoms with E-state index in [0.717, 1.165) is 4.31 Å². The molecule has 1 aromatic carbocycles. The minimum Gasteiger partial charge on any atom is -0.480 e. The SMILES string of the molecule is N#Cc1cccc(NS(=O)(=O)N2CCCCC2C(=O)O)c1. The summed E-state index contributed by atoms with van der Waals surface area (Å²) < 4.78 is 28.0. The second-order valence-corrected chi connectivity index (χ2v) is 6.38. The maximum atomic E-state index is 12.3. The van der Waals surface area contributed by atoms with Crippen LogP contribution in [0, 0.1) is 11.3 Å². The van der Waals surface area contributed by atoms with Crippen molar-refractivity contribution in [3.8, 4) is 6.07 Å². The average Bonchev–Trinajstić information content (AvgIpc) is 2.47. The molecule has 1 unspecified atom stereocenters. The first-order valence-electron chi connectivity index (χ1n) is 6.46. The van der Waals surface area contributed by atoms with Crippen molar-refractivity contribution in [3.63, 3.8) is 0 Å². The molecule has 0 aromatic heterocycles. The van der Waals surface area contributed by atoms with Gasteiger partial charge >= 0.3 is 16.2 Å². The minimum atomic E-state index is -3.96. The molecule has 1 heterocycles. The number of carbonyl (C=O) groups is 1. The van der Waals surface area contributed by atoms with E-state index in [2.05, 4.69) is 4.72 Å². The summed E-state index contributed by atoms with van der Waals surface area (Å²) in [6, 6.07) is 6.89. The summed E-state index contributed by atoms with van der Waals surface area (Å²) in [5, 5.41) is 18.0. The summed E-state index contributed by atoms with van der Waals surface area (Å²) >= 11 is 0. The van der Waals surface area contributed by atoms with E-state index in [1.54, 1.807) is 12.1 Å². The molecule has 8 heteroatoms. The van der Waals surface area contributed by atoms with E-state index in [4.69, 9.17) is 10.4 Å². The van der Waals surface area contributed by atoms with Gasteiger partial charge in [0.2, 0.25) is 0 Å². The highest BCUT2D eigenvalue weighted by Crippen LogP contribution is 2.22. The lowest BCUT2D eigenvalue weighted by atomic mass is 10.1. The molecule has 112 valence electrons. The predicted molar refractivity (Wildman–Crippen MR) is 75.7 cm³/mol. The summed E-state index contributed by atoms with van der Waals surface area (Å²) in [4.78, 5) is 11.2. The van der Waals surface area contributed by atoms with Gasteiger partial charge in [0.25, 0.3) is 0 Å². The van der Waals surface area contributed by atoms with E-state index in [1.807, 2.05) is 6.07 Å². The van der Waals surface area contributed by atoms with Gasteiger partial charge in [-0.2, -0.15) is 18.0 Å². The van der Waals surface area contributed by atoms with Crippen molar-refractivity contribution >= 4 is 21.9 Å². The second kappa shape index (κ2) is 6.11. The molecule has 1 aliphatic rings. The van der Waals surface area contributed by atoms with Gasteiger partial charge in [-0.3, -0.25) is 9.52 Å². The number of anilines is 1. The number of nitrogens with zero attached hydrogens (tertiary/aromatic N) is 2. The Hall–Kier alpha value is -2.11. The van der Waals surface area contributed by atoms with Crippen molar-refractivity contribution in [2.24, 2.45) is 0 Å². The Morgan fingerprint density at radius 3 is 2.86 bits per heavy atom. The lowest BCUT2D eigenvalue weighted by Gasteiger charge is -2.31. The maximum Gasteiger partial charge on any atom is 0.322 e. The lowest BCUT2D eigenvalue weighted by Crippen LogP contribution is -2.49. The fraction of sp³-hybridized carbons (Fsp3) is 0.385.